The Morgan fingerprint density at radius 2 is 0.684 bits per heavy atom. The summed E-state index contributed by atoms with van der Waals surface area (Å²) >= 11 is 0. The lowest BCUT2D eigenvalue weighted by Crippen LogP contribution is -2.30. The molecule has 0 radical (unpaired) electrons. The maximum Gasteiger partial charge on any atom is 0.306 e. The number of esters is 3. The third kappa shape index (κ3) is 44.1. The summed E-state index contributed by atoms with van der Waals surface area (Å²) in [5.74, 6) is -0.896. The monoisotopic (exact) mass is 797 g/mol. The van der Waals surface area contributed by atoms with Crippen molar-refractivity contribution in [2.45, 2.75) is 232 Å². The topological polar surface area (TPSA) is 78.9 Å². The van der Waals surface area contributed by atoms with Gasteiger partial charge in [-0.15, -0.1) is 0 Å². The zero-order chi connectivity index (χ0) is 41.5. The summed E-state index contributed by atoms with van der Waals surface area (Å²) in [7, 11) is 0. The van der Waals surface area contributed by atoms with Crippen LogP contribution in [0.25, 0.3) is 0 Å². The van der Waals surface area contributed by atoms with Gasteiger partial charge in [-0.1, -0.05) is 204 Å². The molecule has 0 bridgehead atoms. The number of hydrogen-bond donors (Lipinski definition) is 0. The number of carbonyl (C=O) groups is 3. The van der Waals surface area contributed by atoms with Crippen molar-refractivity contribution < 1.29 is 28.6 Å². The van der Waals surface area contributed by atoms with Crippen LogP contribution in [0.5, 0.6) is 0 Å². The number of rotatable bonds is 42. The normalized spacial score (nSPS) is 12.5. The van der Waals surface area contributed by atoms with Crippen LogP contribution in [-0.4, -0.2) is 37.2 Å². The number of carbonyl (C=O) groups excluding carboxylic acids is 3. The highest BCUT2D eigenvalue weighted by Crippen LogP contribution is 2.14. The molecule has 0 aliphatic heterocycles. The lowest BCUT2D eigenvalue weighted by Gasteiger charge is -2.18. The Kier molecular flexibility index (Phi) is 43.5. The molecule has 328 valence electrons. The van der Waals surface area contributed by atoms with Crippen LogP contribution in [0.15, 0.2) is 60.8 Å². The first-order valence-electron chi connectivity index (χ1n) is 23.8. The van der Waals surface area contributed by atoms with Crippen molar-refractivity contribution in [1.29, 1.82) is 0 Å². The molecule has 0 spiro atoms. The fourth-order valence-electron chi connectivity index (χ4n) is 6.47. The standard InChI is InChI=1S/C51H88O6/c1-4-7-10-13-16-17-18-19-20-21-22-23-24-25-26-27-28-29-30-31-32-33-36-38-41-44-50(53)56-47-48(57-51(54)45-42-39-35-15-12-9-6-3)46-55-49(52)43-40-37-34-14-11-8-5-2/h7,10,16-17,19-20,22-23,25-26,48H,4-6,8-9,11-15,18,21,24,27-47H2,1-3H3/b10-7-,17-16-,20-19-,23-22-,26-25-. The molecular formula is C51H88O6. The van der Waals surface area contributed by atoms with Crippen LogP contribution in [0.4, 0.5) is 0 Å². The number of ether oxygens (including phenoxy) is 3. The molecule has 1 unspecified atom stereocenters. The third-order valence-corrected chi connectivity index (χ3v) is 10.0. The van der Waals surface area contributed by atoms with Gasteiger partial charge in [-0.2, -0.15) is 0 Å². The maximum atomic E-state index is 12.6. The van der Waals surface area contributed by atoms with Gasteiger partial charge < -0.3 is 14.2 Å². The van der Waals surface area contributed by atoms with Crippen molar-refractivity contribution in [3.63, 3.8) is 0 Å². The summed E-state index contributed by atoms with van der Waals surface area (Å²) in [5.41, 5.74) is 0. The van der Waals surface area contributed by atoms with E-state index in [0.29, 0.717) is 19.3 Å². The molecule has 0 aromatic rings. The second-order valence-electron chi connectivity index (χ2n) is 15.6. The van der Waals surface area contributed by atoms with Gasteiger partial charge in [0.05, 0.1) is 0 Å². The van der Waals surface area contributed by atoms with Crippen LogP contribution in [0.2, 0.25) is 0 Å². The van der Waals surface area contributed by atoms with Crippen LogP contribution in [0.1, 0.15) is 226 Å². The first kappa shape index (κ1) is 54.1. The number of hydrogen-bond acceptors (Lipinski definition) is 6. The minimum absolute atomic E-state index is 0.0747. The van der Waals surface area contributed by atoms with Gasteiger partial charge in [0.15, 0.2) is 6.10 Å². The van der Waals surface area contributed by atoms with Crippen molar-refractivity contribution in [1.82, 2.24) is 0 Å². The predicted molar refractivity (Wildman–Crippen MR) is 242 cm³/mol. The Hall–Kier alpha value is -2.89. The first-order valence-corrected chi connectivity index (χ1v) is 23.8. The van der Waals surface area contributed by atoms with E-state index in [1.807, 2.05) is 0 Å². The molecule has 0 saturated carbocycles. The zero-order valence-corrected chi connectivity index (χ0v) is 37.3. The van der Waals surface area contributed by atoms with Gasteiger partial charge in [0.25, 0.3) is 0 Å². The fraction of sp³-hybridized carbons (Fsp3) is 0.745. The van der Waals surface area contributed by atoms with E-state index < -0.39 is 6.10 Å². The van der Waals surface area contributed by atoms with Gasteiger partial charge in [-0.25, -0.2) is 0 Å². The zero-order valence-electron chi connectivity index (χ0n) is 37.3. The van der Waals surface area contributed by atoms with Crippen LogP contribution < -0.4 is 0 Å². The van der Waals surface area contributed by atoms with E-state index in [9.17, 15) is 14.4 Å². The molecule has 6 nitrogen and oxygen atoms in total. The SMILES string of the molecule is CC/C=C\C/C=C\C/C=C\C/C=C\C/C=C\CCCCCCCCCCCC(=O)OCC(COC(=O)CCCCCCCCC)OC(=O)CCCCCCCCC. The minimum atomic E-state index is -0.767. The molecule has 0 N–H and O–H groups in total. The van der Waals surface area contributed by atoms with Crippen molar-refractivity contribution in [2.75, 3.05) is 13.2 Å². The summed E-state index contributed by atoms with van der Waals surface area (Å²) < 4.78 is 16.6. The van der Waals surface area contributed by atoms with Gasteiger partial charge in [0.1, 0.15) is 13.2 Å². The lowest BCUT2D eigenvalue weighted by atomic mass is 10.1. The average Bonchev–Trinajstić information content (AvgIpc) is 3.21. The van der Waals surface area contributed by atoms with E-state index >= 15 is 0 Å². The van der Waals surface area contributed by atoms with Crippen LogP contribution in [-0.2, 0) is 28.6 Å². The number of allylic oxidation sites excluding steroid dienone is 10. The van der Waals surface area contributed by atoms with Crippen molar-refractivity contribution in [2.24, 2.45) is 0 Å². The summed E-state index contributed by atoms with van der Waals surface area (Å²) in [5, 5.41) is 0. The van der Waals surface area contributed by atoms with Gasteiger partial charge >= 0.3 is 17.9 Å². The molecule has 6 heteroatoms. The molecule has 0 aromatic carbocycles. The summed E-state index contributed by atoms with van der Waals surface area (Å²) in [6.45, 7) is 6.42. The Labute approximate surface area is 351 Å². The summed E-state index contributed by atoms with van der Waals surface area (Å²) in [6, 6.07) is 0. The molecule has 0 saturated heterocycles. The molecule has 0 rings (SSSR count). The third-order valence-electron chi connectivity index (χ3n) is 10.0. The second-order valence-corrected chi connectivity index (χ2v) is 15.6. The fourth-order valence-corrected chi connectivity index (χ4v) is 6.47. The molecule has 0 fully saturated rings. The van der Waals surface area contributed by atoms with E-state index in [0.717, 1.165) is 96.3 Å². The van der Waals surface area contributed by atoms with Gasteiger partial charge in [0, 0.05) is 19.3 Å². The van der Waals surface area contributed by atoms with Crippen molar-refractivity contribution in [3.05, 3.63) is 60.8 Å². The molecule has 1 atom stereocenters. The highest BCUT2D eigenvalue weighted by molar-refractivity contribution is 5.71. The van der Waals surface area contributed by atoms with E-state index in [-0.39, 0.29) is 31.1 Å². The smallest absolute Gasteiger partial charge is 0.306 e. The molecule has 0 aliphatic carbocycles. The highest BCUT2D eigenvalue weighted by atomic mass is 16.6. The van der Waals surface area contributed by atoms with Crippen molar-refractivity contribution in [3.8, 4) is 0 Å². The summed E-state index contributed by atoms with van der Waals surface area (Å²) in [4.78, 5) is 37.5. The minimum Gasteiger partial charge on any atom is -0.462 e. The summed E-state index contributed by atoms with van der Waals surface area (Å²) in [6.07, 6.45) is 55.3. The Morgan fingerprint density at radius 3 is 1.07 bits per heavy atom. The molecule has 0 amide bonds. The quantitative estimate of drug-likeness (QED) is 0.0265. The Morgan fingerprint density at radius 1 is 0.368 bits per heavy atom. The maximum absolute atomic E-state index is 12.6. The van der Waals surface area contributed by atoms with E-state index in [1.54, 1.807) is 0 Å². The first-order chi connectivity index (χ1) is 28.0. The lowest BCUT2D eigenvalue weighted by molar-refractivity contribution is -0.167. The second kappa shape index (κ2) is 45.8. The highest BCUT2D eigenvalue weighted by Gasteiger charge is 2.19. The van der Waals surface area contributed by atoms with Gasteiger partial charge in [-0.3, -0.25) is 14.4 Å². The van der Waals surface area contributed by atoms with Crippen LogP contribution >= 0.6 is 0 Å². The average molecular weight is 797 g/mol. The van der Waals surface area contributed by atoms with E-state index in [2.05, 4.69) is 81.5 Å². The van der Waals surface area contributed by atoms with Gasteiger partial charge in [-0.05, 0) is 64.2 Å². The molecule has 0 aliphatic rings. The number of unbranched alkanes of at least 4 members (excludes halogenated alkanes) is 21. The van der Waals surface area contributed by atoms with Crippen molar-refractivity contribution >= 4 is 17.9 Å². The molecule has 57 heavy (non-hydrogen) atoms. The predicted octanol–water partition coefficient (Wildman–Crippen LogP) is 15.3. The Balaban J connectivity index is 4.08. The Bertz CT molecular complexity index is 1050. The van der Waals surface area contributed by atoms with Gasteiger partial charge in [0.2, 0.25) is 0 Å². The van der Waals surface area contributed by atoms with E-state index in [1.165, 1.54) is 89.9 Å². The largest absolute Gasteiger partial charge is 0.462 e. The van der Waals surface area contributed by atoms with Crippen LogP contribution in [0, 0.1) is 0 Å². The molecule has 0 aromatic heterocycles. The van der Waals surface area contributed by atoms with E-state index in [4.69, 9.17) is 14.2 Å². The molecule has 0 heterocycles. The van der Waals surface area contributed by atoms with Crippen LogP contribution in [0.3, 0.4) is 0 Å². The molecular weight excluding hydrogens is 709 g/mol.